The molecule has 5 rings (SSSR count). The molecule has 0 aromatic heterocycles. The maximum Gasteiger partial charge on any atom is 0.261 e. The molecule has 2 saturated heterocycles. The van der Waals surface area contributed by atoms with Gasteiger partial charge in [-0.05, 0) is 28.8 Å². The SMILES string of the molecule is COc1ccc(C2C3C(=O)N(Cc4ccccc4)C(=O)C3ON2Cc2ccccc2)cc1O. The molecule has 33 heavy (non-hydrogen) atoms. The van der Waals surface area contributed by atoms with Crippen LogP contribution in [-0.2, 0) is 27.5 Å². The van der Waals surface area contributed by atoms with E-state index in [1.165, 1.54) is 12.0 Å². The van der Waals surface area contributed by atoms with Crippen molar-refractivity contribution in [1.82, 2.24) is 9.96 Å². The van der Waals surface area contributed by atoms with Crippen molar-refractivity contribution in [3.63, 3.8) is 0 Å². The molecule has 3 aromatic carbocycles. The molecule has 2 amide bonds. The summed E-state index contributed by atoms with van der Waals surface area (Å²) in [6, 6.07) is 23.6. The normalized spacial score (nSPS) is 22.6. The molecule has 0 bridgehead atoms. The van der Waals surface area contributed by atoms with Gasteiger partial charge in [0.2, 0.25) is 5.91 Å². The number of fused-ring (bicyclic) bond motifs is 1. The fraction of sp³-hybridized carbons (Fsp3) is 0.231. The first kappa shape index (κ1) is 21.2. The molecule has 2 aliphatic rings. The van der Waals surface area contributed by atoms with Crippen LogP contribution in [0.4, 0.5) is 0 Å². The van der Waals surface area contributed by atoms with E-state index in [-0.39, 0.29) is 24.1 Å². The van der Waals surface area contributed by atoms with E-state index in [1.807, 2.05) is 60.7 Å². The van der Waals surface area contributed by atoms with Gasteiger partial charge in [0.25, 0.3) is 5.91 Å². The van der Waals surface area contributed by atoms with Gasteiger partial charge in [0, 0.05) is 6.54 Å². The number of likely N-dealkylation sites (tertiary alicyclic amines) is 1. The van der Waals surface area contributed by atoms with Crippen LogP contribution in [0.15, 0.2) is 78.9 Å². The summed E-state index contributed by atoms with van der Waals surface area (Å²) in [5.74, 6) is -1.02. The van der Waals surface area contributed by atoms with Gasteiger partial charge in [-0.3, -0.25) is 19.3 Å². The molecule has 168 valence electrons. The number of hydrogen-bond donors (Lipinski definition) is 1. The van der Waals surface area contributed by atoms with E-state index >= 15 is 0 Å². The smallest absolute Gasteiger partial charge is 0.261 e. The van der Waals surface area contributed by atoms with Gasteiger partial charge in [-0.1, -0.05) is 66.7 Å². The number of ether oxygens (including phenoxy) is 1. The number of rotatable bonds is 6. The van der Waals surface area contributed by atoms with E-state index in [0.717, 1.165) is 11.1 Å². The maximum atomic E-state index is 13.5. The Kier molecular flexibility index (Phi) is 5.58. The number of nitrogens with zero attached hydrogens (tertiary/aromatic N) is 2. The second-order valence-electron chi connectivity index (χ2n) is 8.24. The number of phenolic OH excluding ortho intramolecular Hbond substituents is 1. The Morgan fingerprint density at radius 3 is 2.12 bits per heavy atom. The molecular weight excluding hydrogens is 420 g/mol. The Morgan fingerprint density at radius 1 is 0.879 bits per heavy atom. The number of carbonyl (C=O) groups is 2. The number of carbonyl (C=O) groups excluding carboxylic acids is 2. The van der Waals surface area contributed by atoms with Crippen LogP contribution in [0, 0.1) is 5.92 Å². The van der Waals surface area contributed by atoms with Crippen molar-refractivity contribution in [1.29, 1.82) is 0 Å². The summed E-state index contributed by atoms with van der Waals surface area (Å²) in [7, 11) is 1.48. The minimum Gasteiger partial charge on any atom is -0.504 e. The molecule has 2 heterocycles. The quantitative estimate of drug-likeness (QED) is 0.587. The van der Waals surface area contributed by atoms with Crippen LogP contribution in [0.5, 0.6) is 11.5 Å². The monoisotopic (exact) mass is 444 g/mol. The minimum absolute atomic E-state index is 0.0315. The standard InChI is InChI=1S/C26H24N2O5/c1-32-21-13-12-19(14-20(21)29)23-22-24(33-28(23)16-18-10-6-3-7-11-18)26(31)27(25(22)30)15-17-8-4-2-5-9-17/h2-14,22-24,29H,15-16H2,1H3. The number of aromatic hydroxyl groups is 1. The highest BCUT2D eigenvalue weighted by molar-refractivity contribution is 6.07. The van der Waals surface area contributed by atoms with Crippen molar-refractivity contribution < 1.29 is 24.3 Å². The largest absolute Gasteiger partial charge is 0.504 e. The summed E-state index contributed by atoms with van der Waals surface area (Å²) in [4.78, 5) is 34.1. The topological polar surface area (TPSA) is 79.3 Å². The molecule has 0 spiro atoms. The van der Waals surface area contributed by atoms with Crippen LogP contribution < -0.4 is 4.74 Å². The van der Waals surface area contributed by atoms with Crippen LogP contribution >= 0.6 is 0 Å². The van der Waals surface area contributed by atoms with Crippen molar-refractivity contribution in [3.8, 4) is 11.5 Å². The van der Waals surface area contributed by atoms with E-state index in [9.17, 15) is 14.7 Å². The summed E-state index contributed by atoms with van der Waals surface area (Å²) in [6.45, 7) is 0.596. The number of hydroxylamine groups is 2. The highest BCUT2D eigenvalue weighted by Crippen LogP contribution is 2.46. The van der Waals surface area contributed by atoms with Gasteiger partial charge in [-0.15, -0.1) is 0 Å². The number of phenols is 1. The first-order valence-electron chi connectivity index (χ1n) is 10.8. The van der Waals surface area contributed by atoms with Crippen molar-refractivity contribution in [3.05, 3.63) is 95.6 Å². The maximum absolute atomic E-state index is 13.5. The summed E-state index contributed by atoms with van der Waals surface area (Å²) < 4.78 is 5.17. The lowest BCUT2D eigenvalue weighted by atomic mass is 9.90. The fourth-order valence-electron chi connectivity index (χ4n) is 4.61. The highest BCUT2D eigenvalue weighted by atomic mass is 16.7. The number of imide groups is 1. The average Bonchev–Trinajstić information content (AvgIpc) is 3.31. The summed E-state index contributed by atoms with van der Waals surface area (Å²) >= 11 is 0. The van der Waals surface area contributed by atoms with Crippen LogP contribution in [0.3, 0.4) is 0 Å². The Hall–Kier alpha value is -3.68. The van der Waals surface area contributed by atoms with E-state index in [1.54, 1.807) is 23.3 Å². The molecule has 0 aliphatic carbocycles. The number of hydrogen-bond acceptors (Lipinski definition) is 6. The van der Waals surface area contributed by atoms with Crippen LogP contribution in [0.1, 0.15) is 22.7 Å². The second-order valence-corrected chi connectivity index (χ2v) is 8.24. The average molecular weight is 444 g/mol. The molecule has 2 fully saturated rings. The first-order chi connectivity index (χ1) is 16.1. The van der Waals surface area contributed by atoms with Gasteiger partial charge >= 0.3 is 0 Å². The zero-order chi connectivity index (χ0) is 22.9. The van der Waals surface area contributed by atoms with Crippen molar-refractivity contribution >= 4 is 11.8 Å². The molecule has 3 atom stereocenters. The van der Waals surface area contributed by atoms with Gasteiger partial charge in [-0.25, -0.2) is 0 Å². The third-order valence-corrected chi connectivity index (χ3v) is 6.20. The number of benzene rings is 3. The third kappa shape index (κ3) is 3.86. The lowest BCUT2D eigenvalue weighted by Gasteiger charge is -2.27. The predicted octanol–water partition coefficient (Wildman–Crippen LogP) is 3.44. The van der Waals surface area contributed by atoms with Crippen molar-refractivity contribution in [2.75, 3.05) is 7.11 Å². The van der Waals surface area contributed by atoms with Gasteiger partial charge in [0.05, 0.1) is 25.6 Å². The molecule has 7 nitrogen and oxygen atoms in total. The first-order valence-corrected chi connectivity index (χ1v) is 10.8. The third-order valence-electron chi connectivity index (χ3n) is 6.20. The van der Waals surface area contributed by atoms with Gasteiger partial charge in [-0.2, -0.15) is 5.06 Å². The number of methoxy groups -OCH3 is 1. The van der Waals surface area contributed by atoms with Crippen molar-refractivity contribution in [2.45, 2.75) is 25.2 Å². The minimum atomic E-state index is -0.904. The van der Waals surface area contributed by atoms with Crippen molar-refractivity contribution in [2.24, 2.45) is 5.92 Å². The Morgan fingerprint density at radius 2 is 1.52 bits per heavy atom. The van der Waals surface area contributed by atoms with E-state index < -0.39 is 18.1 Å². The lowest BCUT2D eigenvalue weighted by Crippen LogP contribution is -2.36. The lowest BCUT2D eigenvalue weighted by molar-refractivity contribution is -0.184. The molecule has 2 aliphatic heterocycles. The Labute approximate surface area is 191 Å². The fourth-order valence-corrected chi connectivity index (χ4v) is 4.61. The summed E-state index contributed by atoms with van der Waals surface area (Å²) in [5.41, 5.74) is 2.54. The molecule has 3 aromatic rings. The van der Waals surface area contributed by atoms with Gasteiger partial charge < -0.3 is 9.84 Å². The summed E-state index contributed by atoms with van der Waals surface area (Å²) in [6.07, 6.45) is -0.904. The van der Waals surface area contributed by atoms with Crippen LogP contribution in [0.2, 0.25) is 0 Å². The molecule has 1 N–H and O–H groups in total. The van der Waals surface area contributed by atoms with E-state index in [2.05, 4.69) is 0 Å². The molecule has 0 saturated carbocycles. The molecule has 0 radical (unpaired) electrons. The van der Waals surface area contributed by atoms with Gasteiger partial charge in [0.1, 0.15) is 0 Å². The molecule has 3 unspecified atom stereocenters. The van der Waals surface area contributed by atoms with E-state index in [0.29, 0.717) is 17.9 Å². The van der Waals surface area contributed by atoms with Crippen LogP contribution in [0.25, 0.3) is 0 Å². The predicted molar refractivity (Wildman–Crippen MR) is 120 cm³/mol. The molecular formula is C26H24N2O5. The van der Waals surface area contributed by atoms with Crippen LogP contribution in [-0.4, -0.2) is 40.1 Å². The second kappa shape index (κ2) is 8.69. The number of amides is 2. The summed E-state index contributed by atoms with van der Waals surface area (Å²) in [5, 5.41) is 12.1. The Bertz CT molecular complexity index is 1170. The Balaban J connectivity index is 1.49. The zero-order valence-electron chi connectivity index (χ0n) is 18.1. The van der Waals surface area contributed by atoms with E-state index in [4.69, 9.17) is 9.57 Å². The van der Waals surface area contributed by atoms with Gasteiger partial charge in [0.15, 0.2) is 17.6 Å². The molecule has 7 heteroatoms. The highest BCUT2D eigenvalue weighted by Gasteiger charge is 2.59. The zero-order valence-corrected chi connectivity index (χ0v) is 18.1.